The molecule has 4 heteroatoms. The minimum Gasteiger partial charge on any atom is -0.496 e. The number of carbonyl (C=O) groups is 1. The average Bonchev–Trinajstić information content (AvgIpc) is 2.96. The molecule has 1 saturated carbocycles. The number of benzene rings is 3. The largest absolute Gasteiger partial charge is 0.496 e. The van der Waals surface area contributed by atoms with Gasteiger partial charge >= 0.3 is 0 Å². The first-order chi connectivity index (χ1) is 14.7. The summed E-state index contributed by atoms with van der Waals surface area (Å²) in [5.74, 6) is 0.864. The second-order valence-electron chi connectivity index (χ2n) is 7.94. The summed E-state index contributed by atoms with van der Waals surface area (Å²) in [5.41, 5.74) is 4.97. The highest BCUT2D eigenvalue weighted by Crippen LogP contribution is 2.45. The summed E-state index contributed by atoms with van der Waals surface area (Å²) in [6.45, 7) is 0. The van der Waals surface area contributed by atoms with Crippen LogP contribution in [-0.2, 0) is 4.79 Å². The molecular formula is C26H24N2O2. The van der Waals surface area contributed by atoms with Gasteiger partial charge in [-0.25, -0.2) is 0 Å². The predicted molar refractivity (Wildman–Crippen MR) is 120 cm³/mol. The summed E-state index contributed by atoms with van der Waals surface area (Å²) in [6.07, 6.45) is 1.31. The topological polar surface area (TPSA) is 50.7 Å². The van der Waals surface area contributed by atoms with Crippen molar-refractivity contribution in [2.75, 3.05) is 12.4 Å². The number of nitrogens with zero attached hydrogens (tertiary/aromatic N) is 1. The van der Waals surface area contributed by atoms with Gasteiger partial charge in [0, 0.05) is 17.7 Å². The fourth-order valence-electron chi connectivity index (χ4n) is 4.74. The summed E-state index contributed by atoms with van der Waals surface area (Å²) in [7, 11) is 1.67. The SMILES string of the molecule is COc1ccccc1C1Nc2ccccc2N=C2CC(c3ccccc3)CC(=O)C21. The van der Waals surface area contributed by atoms with E-state index in [9.17, 15) is 4.79 Å². The molecule has 4 nitrogen and oxygen atoms in total. The van der Waals surface area contributed by atoms with Crippen LogP contribution in [0, 0.1) is 5.92 Å². The third-order valence-electron chi connectivity index (χ3n) is 6.17. The van der Waals surface area contributed by atoms with Gasteiger partial charge in [0.15, 0.2) is 0 Å². The number of hydrogen-bond acceptors (Lipinski definition) is 4. The smallest absolute Gasteiger partial charge is 0.144 e. The number of carbonyl (C=O) groups excluding carboxylic acids is 1. The van der Waals surface area contributed by atoms with Gasteiger partial charge < -0.3 is 10.1 Å². The van der Waals surface area contributed by atoms with Crippen LogP contribution in [0.15, 0.2) is 83.9 Å². The third-order valence-corrected chi connectivity index (χ3v) is 6.17. The van der Waals surface area contributed by atoms with Crippen LogP contribution in [0.3, 0.4) is 0 Å². The molecule has 1 N–H and O–H groups in total. The van der Waals surface area contributed by atoms with Gasteiger partial charge in [-0.15, -0.1) is 0 Å². The molecule has 3 aromatic rings. The van der Waals surface area contributed by atoms with Crippen molar-refractivity contribution in [2.45, 2.75) is 24.8 Å². The second kappa shape index (κ2) is 7.79. The highest BCUT2D eigenvalue weighted by atomic mass is 16.5. The molecule has 150 valence electrons. The highest BCUT2D eigenvalue weighted by molar-refractivity contribution is 6.11. The monoisotopic (exact) mass is 396 g/mol. The Labute approximate surface area is 176 Å². The minimum atomic E-state index is -0.311. The van der Waals surface area contributed by atoms with E-state index in [1.807, 2.05) is 66.7 Å². The van der Waals surface area contributed by atoms with Crippen molar-refractivity contribution in [1.82, 2.24) is 0 Å². The van der Waals surface area contributed by atoms with Crippen molar-refractivity contribution in [2.24, 2.45) is 10.9 Å². The molecule has 0 spiro atoms. The Morgan fingerprint density at radius 1 is 0.900 bits per heavy atom. The zero-order valence-electron chi connectivity index (χ0n) is 16.9. The molecular weight excluding hydrogens is 372 g/mol. The van der Waals surface area contributed by atoms with E-state index in [2.05, 4.69) is 17.4 Å². The zero-order chi connectivity index (χ0) is 20.5. The van der Waals surface area contributed by atoms with Crippen LogP contribution < -0.4 is 10.1 Å². The highest BCUT2D eigenvalue weighted by Gasteiger charge is 2.42. The molecule has 0 saturated heterocycles. The normalized spacial score (nSPS) is 22.8. The molecule has 3 aromatic carbocycles. The van der Waals surface area contributed by atoms with E-state index in [0.29, 0.717) is 6.42 Å². The summed E-state index contributed by atoms with van der Waals surface area (Å²) in [6, 6.07) is 26.0. The Kier molecular flexibility index (Phi) is 4.83. The van der Waals surface area contributed by atoms with E-state index < -0.39 is 0 Å². The van der Waals surface area contributed by atoms with E-state index in [4.69, 9.17) is 9.73 Å². The number of aliphatic imine (C=N–C) groups is 1. The number of methoxy groups -OCH3 is 1. The van der Waals surface area contributed by atoms with Crippen LogP contribution >= 0.6 is 0 Å². The maximum absolute atomic E-state index is 13.5. The van der Waals surface area contributed by atoms with Crippen molar-refractivity contribution < 1.29 is 9.53 Å². The molecule has 0 bridgehead atoms. The van der Waals surface area contributed by atoms with E-state index in [-0.39, 0.29) is 23.7 Å². The third kappa shape index (κ3) is 3.28. The predicted octanol–water partition coefficient (Wildman–Crippen LogP) is 5.70. The maximum Gasteiger partial charge on any atom is 0.144 e. The number of hydrogen-bond donors (Lipinski definition) is 1. The molecule has 1 aliphatic heterocycles. The number of Topliss-reactive ketones (excluding diaryl/α,β-unsaturated/α-hetero) is 1. The number of nitrogens with one attached hydrogen (secondary N) is 1. The number of fused-ring (bicyclic) bond motifs is 2. The molecule has 1 fully saturated rings. The first-order valence-electron chi connectivity index (χ1n) is 10.4. The summed E-state index contributed by atoms with van der Waals surface area (Å²) < 4.78 is 5.64. The lowest BCUT2D eigenvalue weighted by molar-refractivity contribution is -0.122. The molecule has 5 rings (SSSR count). The molecule has 3 atom stereocenters. The Hall–Kier alpha value is -3.40. The van der Waals surface area contributed by atoms with Gasteiger partial charge in [-0.1, -0.05) is 60.7 Å². The number of para-hydroxylation sites is 3. The van der Waals surface area contributed by atoms with Crippen LogP contribution in [-0.4, -0.2) is 18.6 Å². The lowest BCUT2D eigenvalue weighted by Gasteiger charge is -2.34. The van der Waals surface area contributed by atoms with Gasteiger partial charge in [0.25, 0.3) is 0 Å². The van der Waals surface area contributed by atoms with Gasteiger partial charge in [-0.05, 0) is 36.1 Å². The van der Waals surface area contributed by atoms with Crippen molar-refractivity contribution in [3.05, 3.63) is 90.0 Å². The first-order valence-corrected chi connectivity index (χ1v) is 10.4. The molecule has 1 aliphatic carbocycles. The Morgan fingerprint density at radius 3 is 2.47 bits per heavy atom. The fourth-order valence-corrected chi connectivity index (χ4v) is 4.74. The molecule has 0 radical (unpaired) electrons. The number of anilines is 1. The molecule has 2 aliphatic rings. The quantitative estimate of drug-likeness (QED) is 0.618. The molecule has 30 heavy (non-hydrogen) atoms. The average molecular weight is 396 g/mol. The van der Waals surface area contributed by atoms with Crippen LogP contribution in [0.2, 0.25) is 0 Å². The Bertz CT molecular complexity index is 1110. The number of ether oxygens (including phenoxy) is 1. The van der Waals surface area contributed by atoms with E-state index in [1.54, 1.807) is 7.11 Å². The van der Waals surface area contributed by atoms with Crippen molar-refractivity contribution in [3.8, 4) is 5.75 Å². The van der Waals surface area contributed by atoms with Crippen LogP contribution in [0.25, 0.3) is 0 Å². The van der Waals surface area contributed by atoms with Gasteiger partial charge in [0.2, 0.25) is 0 Å². The Balaban J connectivity index is 1.62. The molecule has 0 amide bonds. The Morgan fingerprint density at radius 2 is 1.63 bits per heavy atom. The van der Waals surface area contributed by atoms with Crippen LogP contribution in [0.1, 0.15) is 35.9 Å². The van der Waals surface area contributed by atoms with E-state index in [0.717, 1.165) is 34.8 Å². The summed E-state index contributed by atoms with van der Waals surface area (Å²) >= 11 is 0. The van der Waals surface area contributed by atoms with Gasteiger partial charge in [0.1, 0.15) is 11.5 Å². The van der Waals surface area contributed by atoms with E-state index in [1.165, 1.54) is 5.56 Å². The van der Waals surface area contributed by atoms with Crippen molar-refractivity contribution in [1.29, 1.82) is 0 Å². The number of rotatable bonds is 3. The van der Waals surface area contributed by atoms with Gasteiger partial charge in [-0.2, -0.15) is 0 Å². The maximum atomic E-state index is 13.5. The van der Waals surface area contributed by atoms with Gasteiger partial charge in [0.05, 0.1) is 30.4 Å². The standard InChI is InChI=1S/C26H24N2O2/c1-30-24-14-8-5-11-19(24)26-25-22(27-20-12-6-7-13-21(20)28-26)15-18(16-23(25)29)17-9-3-2-4-10-17/h2-14,18,25-26,28H,15-16H2,1H3. The second-order valence-corrected chi connectivity index (χ2v) is 7.94. The number of ketones is 1. The van der Waals surface area contributed by atoms with Crippen molar-refractivity contribution in [3.63, 3.8) is 0 Å². The van der Waals surface area contributed by atoms with Crippen molar-refractivity contribution >= 4 is 22.9 Å². The summed E-state index contributed by atoms with van der Waals surface area (Å²) in [5, 5.41) is 3.62. The summed E-state index contributed by atoms with van der Waals surface area (Å²) in [4.78, 5) is 18.5. The van der Waals surface area contributed by atoms with Crippen LogP contribution in [0.5, 0.6) is 5.75 Å². The first kappa shape index (κ1) is 18.6. The zero-order valence-corrected chi connectivity index (χ0v) is 16.9. The molecule has 3 unspecified atom stereocenters. The minimum absolute atomic E-state index is 0.164. The molecule has 1 heterocycles. The molecule has 0 aromatic heterocycles. The van der Waals surface area contributed by atoms with E-state index >= 15 is 0 Å². The lowest BCUT2D eigenvalue weighted by Crippen LogP contribution is -2.38. The van der Waals surface area contributed by atoms with Crippen LogP contribution in [0.4, 0.5) is 11.4 Å². The van der Waals surface area contributed by atoms with Gasteiger partial charge in [-0.3, -0.25) is 9.79 Å². The lowest BCUT2D eigenvalue weighted by atomic mass is 9.72. The fraction of sp³-hybridized carbons (Fsp3) is 0.231.